The second-order valence-electron chi connectivity index (χ2n) is 10.2. The molecular formula is C33H32ClN7O5. The molecule has 5 rings (SSSR count). The van der Waals surface area contributed by atoms with Crippen molar-refractivity contribution < 1.29 is 19.8 Å². The first kappa shape index (κ1) is 33.0. The first-order chi connectivity index (χ1) is 21.9. The van der Waals surface area contributed by atoms with Crippen LogP contribution in [0.3, 0.4) is 0 Å². The average Bonchev–Trinajstić information content (AvgIpc) is 3.51. The molecule has 2 heterocycles. The van der Waals surface area contributed by atoms with Crippen molar-refractivity contribution in [2.45, 2.75) is 19.4 Å². The number of hydrogen-bond donors (Lipinski definition) is 6. The molecule has 0 fully saturated rings. The maximum atomic E-state index is 13.6. The highest BCUT2D eigenvalue weighted by Gasteiger charge is 2.21. The van der Waals surface area contributed by atoms with Crippen LogP contribution in [0, 0.1) is 5.41 Å². The van der Waals surface area contributed by atoms with Gasteiger partial charge in [-0.05, 0) is 47.5 Å². The quantitative estimate of drug-likeness (QED) is 0.0891. The number of H-pyrrole nitrogens is 1. The largest absolute Gasteiger partial charge is 0.481 e. The van der Waals surface area contributed by atoms with Gasteiger partial charge in [-0.3, -0.25) is 19.9 Å². The molecule has 12 nitrogen and oxygen atoms in total. The molecule has 0 spiro atoms. The van der Waals surface area contributed by atoms with Crippen molar-refractivity contribution >= 4 is 41.0 Å². The number of imidazole rings is 1. The number of nitrogens with two attached hydrogens (primary N) is 1. The number of rotatable bonds is 8. The Balaban J connectivity index is 0.00000113. The Hall–Kier alpha value is -5.88. The van der Waals surface area contributed by atoms with E-state index < -0.39 is 18.1 Å². The SMILES string of the molecule is CC(=O)O.CN(C(=O)O)c1ccc(-c2c[nH]c(C(Cc3ccccc3)n3ccc(-c4cc(Cl)ccc4NC(=N)N)cc3=O)n2)cc1. The van der Waals surface area contributed by atoms with E-state index >= 15 is 0 Å². The highest BCUT2D eigenvalue weighted by Crippen LogP contribution is 2.31. The Morgan fingerprint density at radius 2 is 1.72 bits per heavy atom. The van der Waals surface area contributed by atoms with Gasteiger partial charge in [-0.1, -0.05) is 54.1 Å². The number of carbonyl (C=O) groups is 2. The van der Waals surface area contributed by atoms with Gasteiger partial charge < -0.3 is 30.8 Å². The summed E-state index contributed by atoms with van der Waals surface area (Å²) in [5, 5.41) is 27.6. The minimum Gasteiger partial charge on any atom is -0.481 e. The molecule has 1 amide bonds. The summed E-state index contributed by atoms with van der Waals surface area (Å²) >= 11 is 6.25. The van der Waals surface area contributed by atoms with E-state index in [1.54, 1.807) is 59.4 Å². The van der Waals surface area contributed by atoms with Crippen molar-refractivity contribution in [2.75, 3.05) is 17.3 Å². The molecule has 13 heteroatoms. The zero-order valence-corrected chi connectivity index (χ0v) is 25.7. The summed E-state index contributed by atoms with van der Waals surface area (Å²) in [5.41, 5.74) is 10.1. The Labute approximate surface area is 269 Å². The van der Waals surface area contributed by atoms with E-state index in [2.05, 4.69) is 10.3 Å². The van der Waals surface area contributed by atoms with E-state index in [1.807, 2.05) is 36.4 Å². The van der Waals surface area contributed by atoms with Crippen LogP contribution in [0.25, 0.3) is 22.4 Å². The van der Waals surface area contributed by atoms with Gasteiger partial charge in [0.15, 0.2) is 5.96 Å². The fraction of sp³-hybridized carbons (Fsp3) is 0.121. The van der Waals surface area contributed by atoms with Crippen LogP contribution in [0.15, 0.2) is 102 Å². The van der Waals surface area contributed by atoms with Crippen LogP contribution in [0.1, 0.15) is 24.4 Å². The molecule has 0 aliphatic rings. The van der Waals surface area contributed by atoms with E-state index in [1.165, 1.54) is 13.1 Å². The number of carboxylic acid groups (broad SMARTS) is 2. The lowest BCUT2D eigenvalue weighted by molar-refractivity contribution is -0.134. The van der Waals surface area contributed by atoms with Crippen molar-refractivity contribution in [3.63, 3.8) is 0 Å². The van der Waals surface area contributed by atoms with Gasteiger partial charge in [0.05, 0.1) is 11.7 Å². The number of amides is 1. The van der Waals surface area contributed by atoms with E-state index in [4.69, 9.17) is 37.6 Å². The van der Waals surface area contributed by atoms with Gasteiger partial charge in [0.25, 0.3) is 11.5 Å². The van der Waals surface area contributed by atoms with Crippen LogP contribution in [-0.2, 0) is 11.2 Å². The second kappa shape index (κ2) is 14.7. The molecular weight excluding hydrogens is 610 g/mol. The molecule has 1 unspecified atom stereocenters. The van der Waals surface area contributed by atoms with Crippen LogP contribution in [0.4, 0.5) is 16.2 Å². The third-order valence-electron chi connectivity index (χ3n) is 6.87. The molecule has 236 valence electrons. The number of hydrogen-bond acceptors (Lipinski definition) is 5. The van der Waals surface area contributed by atoms with Crippen LogP contribution in [-0.4, -0.2) is 49.8 Å². The van der Waals surface area contributed by atoms with E-state index in [0.717, 1.165) is 23.0 Å². The molecule has 0 saturated carbocycles. The summed E-state index contributed by atoms with van der Waals surface area (Å²) in [6.45, 7) is 1.08. The predicted octanol–water partition coefficient (Wildman–Crippen LogP) is 5.90. The lowest BCUT2D eigenvalue weighted by Gasteiger charge is -2.19. The third-order valence-corrected chi connectivity index (χ3v) is 7.10. The maximum absolute atomic E-state index is 13.6. The van der Waals surface area contributed by atoms with Gasteiger partial charge >= 0.3 is 6.09 Å². The Morgan fingerprint density at radius 3 is 2.33 bits per heavy atom. The number of aromatic nitrogens is 3. The molecule has 0 aliphatic heterocycles. The van der Waals surface area contributed by atoms with E-state index in [-0.39, 0.29) is 11.5 Å². The summed E-state index contributed by atoms with van der Waals surface area (Å²) in [6, 6.07) is 24.9. The van der Waals surface area contributed by atoms with Crippen molar-refractivity contribution in [1.29, 1.82) is 5.41 Å². The molecule has 46 heavy (non-hydrogen) atoms. The summed E-state index contributed by atoms with van der Waals surface area (Å²) < 4.78 is 1.63. The average molecular weight is 642 g/mol. The lowest BCUT2D eigenvalue weighted by Crippen LogP contribution is -2.27. The van der Waals surface area contributed by atoms with Gasteiger partial charge in [-0.2, -0.15) is 0 Å². The molecule has 0 aliphatic carbocycles. The second-order valence-corrected chi connectivity index (χ2v) is 10.6. The van der Waals surface area contributed by atoms with E-state index in [9.17, 15) is 14.7 Å². The highest BCUT2D eigenvalue weighted by atomic mass is 35.5. The Kier molecular flexibility index (Phi) is 10.6. The van der Waals surface area contributed by atoms with Crippen LogP contribution in [0.2, 0.25) is 5.02 Å². The van der Waals surface area contributed by atoms with Crippen molar-refractivity contribution in [2.24, 2.45) is 5.73 Å². The minimum atomic E-state index is -1.05. The molecule has 0 saturated heterocycles. The Morgan fingerprint density at radius 1 is 1.04 bits per heavy atom. The number of halogens is 1. The normalized spacial score (nSPS) is 11.1. The summed E-state index contributed by atoms with van der Waals surface area (Å²) in [7, 11) is 1.48. The number of aliphatic carboxylic acids is 1. The molecule has 2 aromatic heterocycles. The van der Waals surface area contributed by atoms with Gasteiger partial charge in [-0.15, -0.1) is 0 Å². The number of nitrogens with zero attached hydrogens (tertiary/aromatic N) is 3. The summed E-state index contributed by atoms with van der Waals surface area (Å²) in [4.78, 5) is 43.1. The minimum absolute atomic E-state index is 0.230. The van der Waals surface area contributed by atoms with Crippen LogP contribution < -0.4 is 21.5 Å². The lowest BCUT2D eigenvalue weighted by atomic mass is 10.0. The molecule has 3 aromatic carbocycles. The zero-order valence-electron chi connectivity index (χ0n) is 24.9. The number of pyridine rings is 1. The van der Waals surface area contributed by atoms with Gasteiger partial charge in [0.2, 0.25) is 0 Å². The van der Waals surface area contributed by atoms with Gasteiger partial charge in [-0.25, -0.2) is 9.78 Å². The molecule has 7 N–H and O–H groups in total. The predicted molar refractivity (Wildman–Crippen MR) is 179 cm³/mol. The smallest absolute Gasteiger partial charge is 0.411 e. The van der Waals surface area contributed by atoms with Crippen molar-refractivity contribution in [3.8, 4) is 22.4 Å². The monoisotopic (exact) mass is 641 g/mol. The number of guanidine groups is 1. The van der Waals surface area contributed by atoms with Crippen LogP contribution in [0.5, 0.6) is 0 Å². The number of carboxylic acids is 1. The number of aromatic amines is 1. The standard InChI is InChI=1S/C31H28ClN7O3.C2H4O2/c1-38(31(41)42)23-10-7-20(8-11-23)26-18-35-29(36-26)27(15-19-5-3-2-4-6-19)39-14-13-21(16-28(39)40)24-17-22(32)9-12-25(24)37-30(33)34;1-2(3)4/h2-14,16-18,27H,15H2,1H3,(H,35,36)(H,41,42)(H4,33,34,37);1H3,(H,3,4). The summed E-state index contributed by atoms with van der Waals surface area (Å²) in [5.74, 6) is -0.468. The number of nitrogens with one attached hydrogen (secondary N) is 3. The topological polar surface area (TPSA) is 190 Å². The third kappa shape index (κ3) is 8.39. The summed E-state index contributed by atoms with van der Waals surface area (Å²) in [6.07, 6.45) is 2.95. The first-order valence-electron chi connectivity index (χ1n) is 13.9. The zero-order chi connectivity index (χ0) is 33.4. The molecule has 0 radical (unpaired) electrons. The highest BCUT2D eigenvalue weighted by molar-refractivity contribution is 6.31. The first-order valence-corrected chi connectivity index (χ1v) is 14.3. The molecule has 5 aromatic rings. The van der Waals surface area contributed by atoms with E-state index in [0.29, 0.717) is 45.5 Å². The number of anilines is 2. The van der Waals surface area contributed by atoms with Crippen molar-refractivity contribution in [3.05, 3.63) is 124 Å². The molecule has 0 bridgehead atoms. The van der Waals surface area contributed by atoms with Crippen molar-refractivity contribution in [1.82, 2.24) is 14.5 Å². The number of benzene rings is 3. The fourth-order valence-corrected chi connectivity index (χ4v) is 4.88. The fourth-order valence-electron chi connectivity index (χ4n) is 4.71. The van der Waals surface area contributed by atoms with Gasteiger partial charge in [0, 0.05) is 66.4 Å². The Bertz CT molecular complexity index is 1900. The maximum Gasteiger partial charge on any atom is 0.411 e. The molecule has 1 atom stereocenters. The van der Waals surface area contributed by atoms with Crippen LogP contribution >= 0.6 is 11.6 Å². The van der Waals surface area contributed by atoms with Gasteiger partial charge in [0.1, 0.15) is 5.82 Å².